The molecule has 0 amide bonds. The summed E-state index contributed by atoms with van der Waals surface area (Å²) in [6.45, 7) is 12.5. The summed E-state index contributed by atoms with van der Waals surface area (Å²) >= 11 is 0. The molecule has 4 nitrogen and oxygen atoms in total. The predicted octanol–water partition coefficient (Wildman–Crippen LogP) is 1.11. The van der Waals surface area contributed by atoms with Crippen molar-refractivity contribution in [3.63, 3.8) is 0 Å². The summed E-state index contributed by atoms with van der Waals surface area (Å²) in [5.41, 5.74) is -0.0363. The standard InChI is InChI=1S/C13H28N2O2/c1-12(11-13(2,3)16-4)14-5-6-15-7-9-17-10-8-15/h12,14H,5-11H2,1-4H3. The number of hydrogen-bond donors (Lipinski definition) is 1. The SMILES string of the molecule is COC(C)(C)CC(C)NCCN1CCOCC1. The number of methoxy groups -OCH3 is 1. The van der Waals surface area contributed by atoms with E-state index < -0.39 is 0 Å². The molecule has 0 aromatic rings. The molecule has 0 radical (unpaired) electrons. The Hall–Kier alpha value is -0.160. The van der Waals surface area contributed by atoms with Gasteiger partial charge in [0, 0.05) is 39.3 Å². The molecule has 1 aliphatic heterocycles. The van der Waals surface area contributed by atoms with Crippen LogP contribution in [-0.2, 0) is 9.47 Å². The van der Waals surface area contributed by atoms with Crippen LogP contribution in [0.3, 0.4) is 0 Å². The molecule has 4 heteroatoms. The van der Waals surface area contributed by atoms with Crippen LogP contribution in [0.1, 0.15) is 27.2 Å². The molecule has 1 rings (SSSR count). The molecule has 1 N–H and O–H groups in total. The molecule has 0 aliphatic carbocycles. The fraction of sp³-hybridized carbons (Fsp3) is 1.00. The molecular formula is C13H28N2O2. The number of nitrogens with zero attached hydrogens (tertiary/aromatic N) is 1. The van der Waals surface area contributed by atoms with Crippen LogP contribution in [0.5, 0.6) is 0 Å². The first kappa shape index (κ1) is 14.9. The highest BCUT2D eigenvalue weighted by Gasteiger charge is 2.19. The molecule has 1 unspecified atom stereocenters. The number of rotatable bonds is 7. The van der Waals surface area contributed by atoms with Gasteiger partial charge in [-0.2, -0.15) is 0 Å². The first-order valence-corrected chi connectivity index (χ1v) is 6.62. The molecule has 1 aliphatic rings. The lowest BCUT2D eigenvalue weighted by atomic mass is 10.00. The van der Waals surface area contributed by atoms with Gasteiger partial charge in [0.15, 0.2) is 0 Å². The number of hydrogen-bond acceptors (Lipinski definition) is 4. The van der Waals surface area contributed by atoms with Gasteiger partial charge in [-0.1, -0.05) is 0 Å². The van der Waals surface area contributed by atoms with Gasteiger partial charge in [-0.15, -0.1) is 0 Å². The van der Waals surface area contributed by atoms with Crippen molar-refractivity contribution in [1.82, 2.24) is 10.2 Å². The monoisotopic (exact) mass is 244 g/mol. The summed E-state index contributed by atoms with van der Waals surface area (Å²) < 4.78 is 10.8. The highest BCUT2D eigenvalue weighted by atomic mass is 16.5. The van der Waals surface area contributed by atoms with Crippen LogP contribution in [0.15, 0.2) is 0 Å². The zero-order chi connectivity index (χ0) is 12.7. The van der Waals surface area contributed by atoms with Gasteiger partial charge in [-0.3, -0.25) is 4.90 Å². The minimum atomic E-state index is -0.0363. The summed E-state index contributed by atoms with van der Waals surface area (Å²) in [6, 6.07) is 0.492. The Balaban J connectivity index is 2.09. The lowest BCUT2D eigenvalue weighted by Crippen LogP contribution is -2.43. The molecule has 1 atom stereocenters. The summed E-state index contributed by atoms with van der Waals surface area (Å²) in [5, 5.41) is 3.56. The van der Waals surface area contributed by atoms with Crippen molar-refractivity contribution in [1.29, 1.82) is 0 Å². The second-order valence-electron chi connectivity index (χ2n) is 5.48. The van der Waals surface area contributed by atoms with Gasteiger partial charge in [0.05, 0.1) is 18.8 Å². The Kier molecular flexibility index (Phi) is 6.41. The second-order valence-corrected chi connectivity index (χ2v) is 5.48. The van der Waals surface area contributed by atoms with Crippen LogP contribution in [0, 0.1) is 0 Å². The molecule has 0 saturated carbocycles. The van der Waals surface area contributed by atoms with Crippen molar-refractivity contribution in [2.45, 2.75) is 38.8 Å². The van der Waals surface area contributed by atoms with E-state index in [0.717, 1.165) is 45.8 Å². The van der Waals surface area contributed by atoms with Crippen molar-refractivity contribution in [2.24, 2.45) is 0 Å². The van der Waals surface area contributed by atoms with E-state index in [0.29, 0.717) is 6.04 Å². The van der Waals surface area contributed by atoms with E-state index in [1.165, 1.54) is 0 Å². The average Bonchev–Trinajstić information content (AvgIpc) is 2.30. The van der Waals surface area contributed by atoms with Crippen molar-refractivity contribution in [2.75, 3.05) is 46.5 Å². The van der Waals surface area contributed by atoms with Gasteiger partial charge < -0.3 is 14.8 Å². The third-order valence-electron chi connectivity index (χ3n) is 3.37. The van der Waals surface area contributed by atoms with E-state index in [1.807, 2.05) is 0 Å². The number of morpholine rings is 1. The van der Waals surface area contributed by atoms with Gasteiger partial charge in [0.1, 0.15) is 0 Å². The Morgan fingerprint density at radius 2 is 2.00 bits per heavy atom. The van der Waals surface area contributed by atoms with Crippen LogP contribution < -0.4 is 5.32 Å². The van der Waals surface area contributed by atoms with Gasteiger partial charge in [-0.25, -0.2) is 0 Å². The normalized spacial score (nSPS) is 20.5. The van der Waals surface area contributed by atoms with Crippen molar-refractivity contribution >= 4 is 0 Å². The van der Waals surface area contributed by atoms with E-state index in [2.05, 4.69) is 31.0 Å². The van der Waals surface area contributed by atoms with Crippen LogP contribution in [0.4, 0.5) is 0 Å². The maximum Gasteiger partial charge on any atom is 0.0637 e. The first-order chi connectivity index (χ1) is 8.03. The lowest BCUT2D eigenvalue weighted by molar-refractivity contribution is 0.00778. The molecule has 0 spiro atoms. The van der Waals surface area contributed by atoms with Gasteiger partial charge >= 0.3 is 0 Å². The largest absolute Gasteiger partial charge is 0.379 e. The van der Waals surface area contributed by atoms with Crippen molar-refractivity contribution in [3.05, 3.63) is 0 Å². The molecule has 0 aromatic carbocycles. The number of nitrogens with one attached hydrogen (secondary N) is 1. The Morgan fingerprint density at radius 1 is 1.35 bits per heavy atom. The summed E-state index contributed by atoms with van der Waals surface area (Å²) in [4.78, 5) is 2.45. The molecule has 17 heavy (non-hydrogen) atoms. The first-order valence-electron chi connectivity index (χ1n) is 6.62. The Bertz CT molecular complexity index is 204. The van der Waals surface area contributed by atoms with E-state index in [-0.39, 0.29) is 5.60 Å². The molecule has 0 bridgehead atoms. The third kappa shape index (κ3) is 6.36. The lowest BCUT2D eigenvalue weighted by Gasteiger charge is -2.29. The fourth-order valence-corrected chi connectivity index (χ4v) is 2.19. The van der Waals surface area contributed by atoms with E-state index >= 15 is 0 Å². The number of ether oxygens (including phenoxy) is 2. The maximum atomic E-state index is 5.44. The Labute approximate surface area is 106 Å². The quantitative estimate of drug-likeness (QED) is 0.727. The fourth-order valence-electron chi connectivity index (χ4n) is 2.19. The maximum absolute atomic E-state index is 5.44. The highest BCUT2D eigenvalue weighted by Crippen LogP contribution is 2.15. The molecule has 1 fully saturated rings. The van der Waals surface area contributed by atoms with Gasteiger partial charge in [-0.05, 0) is 27.2 Å². The second kappa shape index (κ2) is 7.31. The van der Waals surface area contributed by atoms with Crippen LogP contribution >= 0.6 is 0 Å². The molecular weight excluding hydrogens is 216 g/mol. The zero-order valence-electron chi connectivity index (χ0n) is 11.8. The van der Waals surface area contributed by atoms with Crippen LogP contribution in [0.25, 0.3) is 0 Å². The summed E-state index contributed by atoms with van der Waals surface area (Å²) in [7, 11) is 1.78. The predicted molar refractivity (Wildman–Crippen MR) is 70.4 cm³/mol. The highest BCUT2D eigenvalue weighted by molar-refractivity contribution is 4.75. The molecule has 0 aromatic heterocycles. The minimum absolute atomic E-state index is 0.0363. The van der Waals surface area contributed by atoms with Crippen LogP contribution in [0.2, 0.25) is 0 Å². The van der Waals surface area contributed by atoms with E-state index in [4.69, 9.17) is 9.47 Å². The molecule has 1 heterocycles. The molecule has 102 valence electrons. The minimum Gasteiger partial charge on any atom is -0.379 e. The Morgan fingerprint density at radius 3 is 2.59 bits per heavy atom. The van der Waals surface area contributed by atoms with Gasteiger partial charge in [0.2, 0.25) is 0 Å². The third-order valence-corrected chi connectivity index (χ3v) is 3.37. The van der Waals surface area contributed by atoms with E-state index in [9.17, 15) is 0 Å². The van der Waals surface area contributed by atoms with Crippen LogP contribution in [-0.4, -0.2) is 63.0 Å². The smallest absolute Gasteiger partial charge is 0.0637 e. The topological polar surface area (TPSA) is 33.7 Å². The van der Waals surface area contributed by atoms with Gasteiger partial charge in [0.25, 0.3) is 0 Å². The summed E-state index contributed by atoms with van der Waals surface area (Å²) in [6.07, 6.45) is 1.03. The average molecular weight is 244 g/mol. The molecule has 1 saturated heterocycles. The van der Waals surface area contributed by atoms with Crippen molar-refractivity contribution < 1.29 is 9.47 Å². The van der Waals surface area contributed by atoms with E-state index in [1.54, 1.807) is 7.11 Å². The summed E-state index contributed by atoms with van der Waals surface area (Å²) in [5.74, 6) is 0. The zero-order valence-corrected chi connectivity index (χ0v) is 11.8. The van der Waals surface area contributed by atoms with Crippen molar-refractivity contribution in [3.8, 4) is 0 Å².